The number of hydrogen-bond donors (Lipinski definition) is 0. The summed E-state index contributed by atoms with van der Waals surface area (Å²) in [5.41, 5.74) is 0. The summed E-state index contributed by atoms with van der Waals surface area (Å²) in [6.07, 6.45) is 1.46. The van der Waals surface area contributed by atoms with Crippen molar-refractivity contribution in [1.29, 1.82) is 0 Å². The van der Waals surface area contributed by atoms with Crippen LogP contribution in [0.15, 0.2) is 0 Å². The molecule has 1 aliphatic carbocycles. The molecule has 2 rings (SSSR count). The van der Waals surface area contributed by atoms with Crippen molar-refractivity contribution in [2.45, 2.75) is 34.1 Å². The maximum absolute atomic E-state index is 2.45. The van der Waals surface area contributed by atoms with Crippen LogP contribution in [0.1, 0.15) is 34.1 Å². The van der Waals surface area contributed by atoms with E-state index in [4.69, 9.17) is 0 Å². The van der Waals surface area contributed by atoms with Gasteiger partial charge in [-0.1, -0.05) is 27.7 Å². The molecule has 0 spiro atoms. The van der Waals surface area contributed by atoms with Crippen molar-refractivity contribution in [3.8, 4) is 0 Å². The molecule has 0 radical (unpaired) electrons. The zero-order chi connectivity index (χ0) is 9.59. The van der Waals surface area contributed by atoms with Crippen molar-refractivity contribution < 1.29 is 0 Å². The number of fused-ring (bicyclic) bond motifs is 1. The molecule has 1 saturated carbocycles. The Balaban J connectivity index is 2.16. The first-order chi connectivity index (χ1) is 6.15. The molecule has 0 aromatic carbocycles. The van der Waals surface area contributed by atoms with Gasteiger partial charge in [-0.15, -0.1) is 0 Å². The van der Waals surface area contributed by atoms with Gasteiger partial charge in [-0.05, 0) is 46.5 Å². The van der Waals surface area contributed by atoms with E-state index in [2.05, 4.69) is 27.7 Å². The van der Waals surface area contributed by atoms with Crippen molar-refractivity contribution >= 4 is 15.3 Å². The molecule has 0 aromatic rings. The summed E-state index contributed by atoms with van der Waals surface area (Å²) < 4.78 is 0. The van der Waals surface area contributed by atoms with Gasteiger partial charge in [0.15, 0.2) is 0 Å². The molecule has 1 fully saturated rings. The Morgan fingerprint density at radius 3 is 2.54 bits per heavy atom. The van der Waals surface area contributed by atoms with Crippen LogP contribution in [0.2, 0.25) is 0 Å². The van der Waals surface area contributed by atoms with Gasteiger partial charge in [-0.3, -0.25) is 0 Å². The number of rotatable bonds is 2. The molecule has 0 amide bonds. The Morgan fingerprint density at radius 1 is 1.46 bits per heavy atom. The second kappa shape index (κ2) is 3.42. The van der Waals surface area contributed by atoms with E-state index in [0.29, 0.717) is 0 Å². The third-order valence-corrected chi connectivity index (χ3v) is 6.60. The van der Waals surface area contributed by atoms with Gasteiger partial charge in [0.1, 0.15) is 0 Å². The quantitative estimate of drug-likeness (QED) is 0.597. The Kier molecular flexibility index (Phi) is 2.57. The smallest absolute Gasteiger partial charge is 0.00807 e. The van der Waals surface area contributed by atoms with Crippen LogP contribution in [0, 0.1) is 23.7 Å². The second-order valence-electron chi connectivity index (χ2n) is 5.03. The highest BCUT2D eigenvalue weighted by Gasteiger charge is 2.45. The topological polar surface area (TPSA) is 0 Å². The minimum Gasteiger partial charge on any atom is -0.186 e. The molecule has 4 unspecified atom stereocenters. The maximum atomic E-state index is 2.45. The van der Waals surface area contributed by atoms with E-state index >= 15 is 0 Å². The summed E-state index contributed by atoms with van der Waals surface area (Å²) >= 11 is 0. The average molecular weight is 198 g/mol. The lowest BCUT2D eigenvalue weighted by Crippen LogP contribution is -2.38. The van der Waals surface area contributed by atoms with Gasteiger partial charge < -0.3 is 0 Å². The van der Waals surface area contributed by atoms with Crippen LogP contribution in [-0.4, -0.2) is 16.4 Å². The Bertz CT molecular complexity index is 240. The summed E-state index contributed by atoms with van der Waals surface area (Å²) in [4.78, 5) is 1.97. The van der Waals surface area contributed by atoms with Crippen LogP contribution in [0.25, 0.3) is 0 Å². The highest BCUT2D eigenvalue weighted by Crippen LogP contribution is 2.51. The highest BCUT2D eigenvalue weighted by molar-refractivity contribution is 8.16. The molecule has 0 saturated heterocycles. The molecule has 0 N–H and O–H groups in total. The predicted molar refractivity (Wildman–Crippen MR) is 63.6 cm³/mol. The fourth-order valence-electron chi connectivity index (χ4n) is 3.06. The summed E-state index contributed by atoms with van der Waals surface area (Å²) in [7, 11) is 0.723. The van der Waals surface area contributed by atoms with Crippen molar-refractivity contribution in [3.63, 3.8) is 0 Å². The zero-order valence-electron chi connectivity index (χ0n) is 9.34. The van der Waals surface area contributed by atoms with Crippen LogP contribution < -0.4 is 0 Å². The molecular formula is C12H22S. The van der Waals surface area contributed by atoms with E-state index < -0.39 is 0 Å². The summed E-state index contributed by atoms with van der Waals surface area (Å²) in [5, 5.41) is 0. The minimum atomic E-state index is 0.723. The predicted octanol–water partition coefficient (Wildman–Crippen LogP) is 3.39. The van der Waals surface area contributed by atoms with Crippen LogP contribution in [0.4, 0.5) is 0 Å². The van der Waals surface area contributed by atoms with Gasteiger partial charge in [-0.25, -0.2) is 0 Å². The molecule has 0 nitrogen and oxygen atoms in total. The molecule has 1 aliphatic heterocycles. The van der Waals surface area contributed by atoms with E-state index in [1.54, 1.807) is 0 Å². The minimum absolute atomic E-state index is 0.723. The van der Waals surface area contributed by atoms with Gasteiger partial charge in [0, 0.05) is 0 Å². The van der Waals surface area contributed by atoms with E-state index in [-0.39, 0.29) is 0 Å². The third-order valence-electron chi connectivity index (χ3n) is 3.94. The van der Waals surface area contributed by atoms with Gasteiger partial charge in [0.2, 0.25) is 0 Å². The van der Waals surface area contributed by atoms with Crippen LogP contribution in [-0.2, 0) is 0 Å². The van der Waals surface area contributed by atoms with E-state index in [9.17, 15) is 0 Å². The maximum Gasteiger partial charge on any atom is -0.00807 e. The van der Waals surface area contributed by atoms with E-state index in [1.165, 1.54) is 17.9 Å². The van der Waals surface area contributed by atoms with E-state index in [0.717, 1.165) is 34.2 Å². The highest BCUT2D eigenvalue weighted by atomic mass is 32.2. The standard InChI is InChI=1S/C12H22S/c1-5-13-7-10(8(2)3)12-9(4)6-11(12)13/h8-10,12H,5-7H2,1-4H3. The average Bonchev–Trinajstić information content (AvgIpc) is 2.37. The molecule has 2 aliphatic rings. The van der Waals surface area contributed by atoms with Crippen molar-refractivity contribution in [1.82, 2.24) is 0 Å². The lowest BCUT2D eigenvalue weighted by atomic mass is 9.66. The first-order valence-corrected chi connectivity index (χ1v) is 7.24. The molecular weight excluding hydrogens is 176 g/mol. The molecule has 0 bridgehead atoms. The van der Waals surface area contributed by atoms with Crippen LogP contribution in [0.5, 0.6) is 0 Å². The zero-order valence-corrected chi connectivity index (χ0v) is 10.2. The first-order valence-electron chi connectivity index (χ1n) is 5.68. The molecule has 1 heteroatoms. The van der Waals surface area contributed by atoms with Gasteiger partial charge in [0.05, 0.1) is 0 Å². The molecule has 13 heavy (non-hydrogen) atoms. The lowest BCUT2D eigenvalue weighted by molar-refractivity contribution is 0.248. The van der Waals surface area contributed by atoms with Crippen molar-refractivity contribution in [2.75, 3.05) is 11.5 Å². The monoisotopic (exact) mass is 198 g/mol. The molecule has 0 aromatic heterocycles. The number of hydrogen-bond acceptors (Lipinski definition) is 0. The molecule has 1 heterocycles. The second-order valence-corrected chi connectivity index (χ2v) is 7.45. The molecule has 4 atom stereocenters. The Hall–Kier alpha value is 0.220. The van der Waals surface area contributed by atoms with E-state index in [1.807, 2.05) is 4.86 Å². The fourth-order valence-corrected chi connectivity index (χ4v) is 6.23. The van der Waals surface area contributed by atoms with Crippen molar-refractivity contribution in [3.05, 3.63) is 0 Å². The summed E-state index contributed by atoms with van der Waals surface area (Å²) in [5.74, 6) is 6.92. The third kappa shape index (κ3) is 1.40. The lowest BCUT2D eigenvalue weighted by Gasteiger charge is -2.39. The van der Waals surface area contributed by atoms with Gasteiger partial charge in [0.25, 0.3) is 0 Å². The fraction of sp³-hybridized carbons (Fsp3) is 0.917. The Morgan fingerprint density at radius 2 is 2.15 bits per heavy atom. The Labute approximate surface area is 85.0 Å². The SMILES string of the molecule is CCS1=C2CC(C)C2C(C(C)C)C1. The first kappa shape index (κ1) is 9.76. The van der Waals surface area contributed by atoms with Crippen LogP contribution in [0.3, 0.4) is 0 Å². The van der Waals surface area contributed by atoms with Gasteiger partial charge in [-0.2, -0.15) is 10.5 Å². The molecule has 76 valence electrons. The van der Waals surface area contributed by atoms with Crippen molar-refractivity contribution in [2.24, 2.45) is 23.7 Å². The largest absolute Gasteiger partial charge is 0.186 e. The van der Waals surface area contributed by atoms with Gasteiger partial charge >= 0.3 is 0 Å². The van der Waals surface area contributed by atoms with Crippen LogP contribution >= 0.6 is 10.5 Å². The summed E-state index contributed by atoms with van der Waals surface area (Å²) in [6.45, 7) is 9.65. The summed E-state index contributed by atoms with van der Waals surface area (Å²) in [6, 6.07) is 0. The normalized spacial score (nSPS) is 43.6.